The fourth-order valence-electron chi connectivity index (χ4n) is 2.03. The highest BCUT2D eigenvalue weighted by atomic mass is 16.5. The Morgan fingerprint density at radius 3 is 2.94 bits per heavy atom. The van der Waals surface area contributed by atoms with Crippen LogP contribution in [0.1, 0.15) is 17.3 Å². The van der Waals surface area contributed by atoms with E-state index in [0.717, 1.165) is 17.0 Å². The molecule has 4 nitrogen and oxygen atoms in total. The summed E-state index contributed by atoms with van der Waals surface area (Å²) in [7, 11) is 0. The summed E-state index contributed by atoms with van der Waals surface area (Å²) in [6, 6.07) is 13.7. The number of nitriles is 1. The van der Waals surface area contributed by atoms with Crippen molar-refractivity contribution in [3.8, 4) is 11.8 Å². The van der Waals surface area contributed by atoms with Gasteiger partial charge >= 0.3 is 0 Å². The fourth-order valence-corrected chi connectivity index (χ4v) is 2.03. The Morgan fingerprint density at radius 1 is 1.28 bits per heavy atom. The number of pyridine rings is 1. The zero-order chi connectivity index (χ0) is 12.4. The Bertz CT molecular complexity index is 601. The first-order chi connectivity index (χ1) is 8.86. The van der Waals surface area contributed by atoms with Gasteiger partial charge in [0.05, 0.1) is 17.9 Å². The first-order valence-corrected chi connectivity index (χ1v) is 5.71. The van der Waals surface area contributed by atoms with Gasteiger partial charge in [0, 0.05) is 5.56 Å². The molecule has 2 heterocycles. The van der Waals surface area contributed by atoms with Gasteiger partial charge in [0.1, 0.15) is 24.1 Å². The third kappa shape index (κ3) is 1.87. The van der Waals surface area contributed by atoms with E-state index in [9.17, 15) is 0 Å². The maximum atomic E-state index is 8.69. The van der Waals surface area contributed by atoms with Crippen LogP contribution >= 0.6 is 0 Å². The topological polar surface area (TPSA) is 57.9 Å². The number of anilines is 1. The van der Waals surface area contributed by atoms with E-state index >= 15 is 0 Å². The van der Waals surface area contributed by atoms with Crippen LogP contribution in [0.15, 0.2) is 42.6 Å². The van der Waals surface area contributed by atoms with Gasteiger partial charge in [0.15, 0.2) is 0 Å². The van der Waals surface area contributed by atoms with E-state index in [-0.39, 0.29) is 6.04 Å². The average molecular weight is 237 g/mol. The molecule has 0 fully saturated rings. The third-order valence-corrected chi connectivity index (χ3v) is 2.92. The molecule has 0 saturated carbocycles. The smallest absolute Gasteiger partial charge is 0.140 e. The minimum atomic E-state index is 0.135. The van der Waals surface area contributed by atoms with Crippen molar-refractivity contribution in [1.29, 1.82) is 5.26 Å². The molecule has 1 aliphatic rings. The summed E-state index contributed by atoms with van der Waals surface area (Å²) in [5.74, 6) is 0.927. The number of ether oxygens (including phenoxy) is 1. The largest absolute Gasteiger partial charge is 0.491 e. The molecule has 18 heavy (non-hydrogen) atoms. The molecule has 0 saturated heterocycles. The summed E-state index contributed by atoms with van der Waals surface area (Å²) in [5.41, 5.74) is 2.46. The van der Waals surface area contributed by atoms with Crippen LogP contribution in [0.25, 0.3) is 0 Å². The third-order valence-electron chi connectivity index (χ3n) is 2.92. The molecule has 0 spiro atoms. The van der Waals surface area contributed by atoms with Crippen molar-refractivity contribution in [2.24, 2.45) is 0 Å². The van der Waals surface area contributed by atoms with E-state index in [1.165, 1.54) is 0 Å². The number of hydrogen-bond acceptors (Lipinski definition) is 4. The van der Waals surface area contributed by atoms with Gasteiger partial charge in [-0.3, -0.25) is 0 Å². The summed E-state index contributed by atoms with van der Waals surface area (Å²) >= 11 is 0. The number of rotatable bonds is 2. The molecule has 3 rings (SSSR count). The van der Waals surface area contributed by atoms with Gasteiger partial charge in [-0.2, -0.15) is 5.26 Å². The second-order valence-corrected chi connectivity index (χ2v) is 4.09. The second kappa shape index (κ2) is 4.38. The van der Waals surface area contributed by atoms with Crippen LogP contribution < -0.4 is 10.1 Å². The van der Waals surface area contributed by atoms with Crippen molar-refractivity contribution in [2.75, 3.05) is 11.9 Å². The highest BCUT2D eigenvalue weighted by molar-refractivity contribution is 5.49. The quantitative estimate of drug-likeness (QED) is 0.871. The van der Waals surface area contributed by atoms with Gasteiger partial charge in [0.2, 0.25) is 0 Å². The van der Waals surface area contributed by atoms with E-state index in [0.29, 0.717) is 12.3 Å². The number of nitrogens with zero attached hydrogens (tertiary/aromatic N) is 2. The van der Waals surface area contributed by atoms with Crippen molar-refractivity contribution in [2.45, 2.75) is 6.04 Å². The monoisotopic (exact) mass is 237 g/mol. The summed E-state index contributed by atoms with van der Waals surface area (Å²) < 4.78 is 5.59. The lowest BCUT2D eigenvalue weighted by Gasteiger charge is -2.12. The van der Waals surface area contributed by atoms with E-state index in [1.54, 1.807) is 12.3 Å². The minimum absolute atomic E-state index is 0.135. The number of benzene rings is 1. The van der Waals surface area contributed by atoms with Gasteiger partial charge in [-0.1, -0.05) is 18.2 Å². The highest BCUT2D eigenvalue weighted by Gasteiger charge is 2.23. The molecule has 0 bridgehead atoms. The van der Waals surface area contributed by atoms with Crippen LogP contribution in [0.4, 0.5) is 5.69 Å². The van der Waals surface area contributed by atoms with Crippen molar-refractivity contribution in [1.82, 2.24) is 4.98 Å². The highest BCUT2D eigenvalue weighted by Crippen LogP contribution is 2.33. The fraction of sp³-hybridized carbons (Fsp3) is 0.143. The number of para-hydroxylation sites is 1. The first kappa shape index (κ1) is 10.6. The van der Waals surface area contributed by atoms with Crippen molar-refractivity contribution < 1.29 is 4.74 Å². The molecular formula is C14H11N3O. The summed E-state index contributed by atoms with van der Waals surface area (Å²) in [6.45, 7) is 0.610. The zero-order valence-corrected chi connectivity index (χ0v) is 9.63. The van der Waals surface area contributed by atoms with Gasteiger partial charge in [-0.05, 0) is 18.2 Å². The Morgan fingerprint density at radius 2 is 2.17 bits per heavy atom. The van der Waals surface area contributed by atoms with Crippen LogP contribution in [0.5, 0.6) is 5.75 Å². The van der Waals surface area contributed by atoms with Crippen LogP contribution in [0, 0.1) is 11.3 Å². The van der Waals surface area contributed by atoms with Crippen molar-refractivity contribution >= 4 is 5.69 Å². The van der Waals surface area contributed by atoms with E-state index in [2.05, 4.69) is 16.4 Å². The molecule has 1 N–H and O–H groups in total. The standard InChI is InChI=1S/C14H11N3O/c15-7-10-5-6-11(8-16-10)17-13-9-18-14-4-2-1-3-12(13)14/h1-6,8,13,17H,9H2. The lowest BCUT2D eigenvalue weighted by molar-refractivity contribution is 0.340. The van der Waals surface area contributed by atoms with E-state index < -0.39 is 0 Å². The van der Waals surface area contributed by atoms with Crippen LogP contribution in [-0.4, -0.2) is 11.6 Å². The van der Waals surface area contributed by atoms with Crippen LogP contribution in [0.2, 0.25) is 0 Å². The molecule has 2 aromatic rings. The van der Waals surface area contributed by atoms with Crippen LogP contribution in [-0.2, 0) is 0 Å². The van der Waals surface area contributed by atoms with Crippen molar-refractivity contribution in [3.05, 3.63) is 53.9 Å². The molecule has 88 valence electrons. The minimum Gasteiger partial charge on any atom is -0.491 e. The molecule has 0 radical (unpaired) electrons. The van der Waals surface area contributed by atoms with Gasteiger partial charge in [0.25, 0.3) is 0 Å². The predicted molar refractivity (Wildman–Crippen MR) is 67.3 cm³/mol. The maximum absolute atomic E-state index is 8.69. The lowest BCUT2D eigenvalue weighted by atomic mass is 10.1. The zero-order valence-electron chi connectivity index (χ0n) is 9.63. The van der Waals surface area contributed by atoms with Gasteiger partial charge in [-0.25, -0.2) is 4.98 Å². The number of hydrogen-bond donors (Lipinski definition) is 1. The number of nitrogens with one attached hydrogen (secondary N) is 1. The first-order valence-electron chi connectivity index (χ1n) is 5.71. The molecule has 1 unspecified atom stereocenters. The average Bonchev–Trinajstić information content (AvgIpc) is 2.83. The number of aromatic nitrogens is 1. The van der Waals surface area contributed by atoms with Gasteiger partial charge < -0.3 is 10.1 Å². The molecule has 1 aliphatic heterocycles. The molecular weight excluding hydrogens is 226 g/mol. The predicted octanol–water partition coefficient (Wildman–Crippen LogP) is 2.50. The molecule has 4 heteroatoms. The Balaban J connectivity index is 1.80. The Labute approximate surface area is 105 Å². The van der Waals surface area contributed by atoms with E-state index in [4.69, 9.17) is 10.00 Å². The number of fused-ring (bicyclic) bond motifs is 1. The van der Waals surface area contributed by atoms with Crippen LogP contribution in [0.3, 0.4) is 0 Å². The van der Waals surface area contributed by atoms with Crippen molar-refractivity contribution in [3.63, 3.8) is 0 Å². The summed E-state index contributed by atoms with van der Waals surface area (Å²) in [5, 5.41) is 12.0. The van der Waals surface area contributed by atoms with E-state index in [1.807, 2.05) is 30.3 Å². The maximum Gasteiger partial charge on any atom is 0.140 e. The Hall–Kier alpha value is -2.54. The molecule has 1 aromatic heterocycles. The summed E-state index contributed by atoms with van der Waals surface area (Å²) in [4.78, 5) is 4.03. The molecule has 1 atom stereocenters. The molecule has 0 aliphatic carbocycles. The second-order valence-electron chi connectivity index (χ2n) is 4.09. The molecule has 0 amide bonds. The van der Waals surface area contributed by atoms with Gasteiger partial charge in [-0.15, -0.1) is 0 Å². The SMILES string of the molecule is N#Cc1ccc(NC2COc3ccccc32)cn1. The summed E-state index contributed by atoms with van der Waals surface area (Å²) in [6.07, 6.45) is 1.67. The molecule has 1 aromatic carbocycles. The lowest BCUT2D eigenvalue weighted by Crippen LogP contribution is -2.12. The normalized spacial score (nSPS) is 16.5. The Kier molecular flexibility index (Phi) is 2.58.